The number of methoxy groups -OCH3 is 1. The Bertz CT molecular complexity index is 1040. The molecule has 1 N–H and O–H groups in total. The lowest BCUT2D eigenvalue weighted by atomic mass is 10.2. The molecule has 7 nitrogen and oxygen atoms in total. The largest absolute Gasteiger partial charge is 0.497 e. The second-order valence-electron chi connectivity index (χ2n) is 6.53. The molecule has 3 aromatic rings. The van der Waals surface area contributed by atoms with Crippen LogP contribution in [0.4, 0.5) is 0 Å². The summed E-state index contributed by atoms with van der Waals surface area (Å²) >= 11 is 6.10. The average Bonchev–Trinajstić information content (AvgIpc) is 2.98. The third-order valence-corrected chi connectivity index (χ3v) is 4.25. The molecule has 0 bridgehead atoms. The number of nitrogens with zero attached hydrogens (tertiary/aromatic N) is 3. The fraction of sp³-hybridized carbons (Fsp3) is 0.250. The molecule has 0 atom stereocenters. The summed E-state index contributed by atoms with van der Waals surface area (Å²) in [7, 11) is 1.57. The fourth-order valence-corrected chi connectivity index (χ4v) is 2.97. The molecule has 2 aromatic carbocycles. The van der Waals surface area contributed by atoms with Crippen molar-refractivity contribution in [1.82, 2.24) is 19.7 Å². The van der Waals surface area contributed by atoms with E-state index in [4.69, 9.17) is 16.3 Å². The molecule has 1 amide bonds. The van der Waals surface area contributed by atoms with Gasteiger partial charge in [0.1, 0.15) is 12.3 Å². The zero-order valence-corrected chi connectivity index (χ0v) is 16.6. The van der Waals surface area contributed by atoms with Crippen LogP contribution >= 0.6 is 11.6 Å². The molecular weight excluding hydrogens is 380 g/mol. The highest BCUT2D eigenvalue weighted by molar-refractivity contribution is 6.30. The molecule has 0 fully saturated rings. The van der Waals surface area contributed by atoms with Gasteiger partial charge in [-0.25, -0.2) is 4.79 Å². The van der Waals surface area contributed by atoms with E-state index in [-0.39, 0.29) is 18.5 Å². The van der Waals surface area contributed by atoms with Crippen LogP contribution in [0.25, 0.3) is 17.1 Å². The summed E-state index contributed by atoms with van der Waals surface area (Å²) in [5.74, 6) is 0.763. The van der Waals surface area contributed by atoms with E-state index in [0.29, 0.717) is 27.8 Å². The topological polar surface area (TPSA) is 78.2 Å². The second-order valence-corrected chi connectivity index (χ2v) is 6.97. The van der Waals surface area contributed by atoms with Gasteiger partial charge in [0.05, 0.1) is 12.8 Å². The highest BCUT2D eigenvalue weighted by atomic mass is 35.5. The third kappa shape index (κ3) is 4.26. The van der Waals surface area contributed by atoms with Crippen molar-refractivity contribution in [3.8, 4) is 22.8 Å². The van der Waals surface area contributed by atoms with Crippen LogP contribution in [0.5, 0.6) is 5.75 Å². The molecule has 1 heterocycles. The van der Waals surface area contributed by atoms with Crippen LogP contribution in [0.1, 0.15) is 13.8 Å². The molecule has 0 spiro atoms. The Labute approximate surface area is 167 Å². The number of ether oxygens (including phenoxy) is 1. The molecule has 0 aliphatic heterocycles. The van der Waals surface area contributed by atoms with E-state index in [1.807, 2.05) is 13.8 Å². The van der Waals surface area contributed by atoms with Crippen molar-refractivity contribution in [3.63, 3.8) is 0 Å². The number of nitrogens with one attached hydrogen (secondary N) is 1. The number of benzene rings is 2. The summed E-state index contributed by atoms with van der Waals surface area (Å²) in [5.41, 5.74) is 0.797. The highest BCUT2D eigenvalue weighted by Crippen LogP contribution is 2.21. The van der Waals surface area contributed by atoms with E-state index in [1.165, 1.54) is 9.25 Å². The standard InChI is InChI=1S/C20H21ClN4O3/c1-13(2)22-18(26)12-24-19(14-5-4-6-15(21)11-14)23-25(20(24)27)16-7-9-17(28-3)10-8-16/h4-11,13H,12H2,1-3H3,(H,22,26). The Morgan fingerprint density at radius 3 is 2.54 bits per heavy atom. The van der Waals surface area contributed by atoms with E-state index < -0.39 is 5.69 Å². The van der Waals surface area contributed by atoms with Crippen LogP contribution in [0.2, 0.25) is 5.02 Å². The van der Waals surface area contributed by atoms with E-state index in [9.17, 15) is 9.59 Å². The second kappa shape index (κ2) is 8.31. The SMILES string of the molecule is COc1ccc(-n2nc(-c3cccc(Cl)c3)n(CC(=O)NC(C)C)c2=O)cc1. The molecule has 146 valence electrons. The van der Waals surface area contributed by atoms with E-state index in [1.54, 1.807) is 55.6 Å². The van der Waals surface area contributed by atoms with Crippen molar-refractivity contribution in [2.24, 2.45) is 0 Å². The van der Waals surface area contributed by atoms with Gasteiger partial charge in [-0.2, -0.15) is 4.68 Å². The molecule has 8 heteroatoms. The maximum atomic E-state index is 13.0. The summed E-state index contributed by atoms with van der Waals surface area (Å²) in [4.78, 5) is 25.3. The van der Waals surface area contributed by atoms with Gasteiger partial charge in [-0.3, -0.25) is 9.36 Å². The average molecular weight is 401 g/mol. The number of hydrogen-bond acceptors (Lipinski definition) is 4. The predicted octanol–water partition coefficient (Wildman–Crippen LogP) is 2.89. The highest BCUT2D eigenvalue weighted by Gasteiger charge is 2.19. The summed E-state index contributed by atoms with van der Waals surface area (Å²) < 4.78 is 7.76. The summed E-state index contributed by atoms with van der Waals surface area (Å²) in [6.07, 6.45) is 0. The van der Waals surface area contributed by atoms with Crippen molar-refractivity contribution in [2.45, 2.75) is 26.4 Å². The molecule has 0 aliphatic carbocycles. The van der Waals surface area contributed by atoms with Crippen LogP contribution in [-0.2, 0) is 11.3 Å². The number of rotatable bonds is 6. The number of halogens is 1. The first-order chi connectivity index (χ1) is 13.4. The van der Waals surface area contributed by atoms with Crippen LogP contribution in [0.15, 0.2) is 53.3 Å². The van der Waals surface area contributed by atoms with Crippen LogP contribution in [-0.4, -0.2) is 33.4 Å². The summed E-state index contributed by atoms with van der Waals surface area (Å²) in [6.45, 7) is 3.58. The van der Waals surface area contributed by atoms with E-state index >= 15 is 0 Å². The normalized spacial score (nSPS) is 10.9. The number of carbonyl (C=O) groups excluding carboxylic acids is 1. The smallest absolute Gasteiger partial charge is 0.351 e. The molecule has 0 radical (unpaired) electrons. The van der Waals surface area contributed by atoms with E-state index in [2.05, 4.69) is 10.4 Å². The van der Waals surface area contributed by atoms with Crippen molar-refractivity contribution < 1.29 is 9.53 Å². The number of aromatic nitrogens is 3. The van der Waals surface area contributed by atoms with Gasteiger partial charge in [0.25, 0.3) is 0 Å². The Balaban J connectivity index is 2.10. The maximum absolute atomic E-state index is 13.0. The lowest BCUT2D eigenvalue weighted by Crippen LogP contribution is -2.36. The molecule has 0 saturated carbocycles. The number of amides is 1. The lowest BCUT2D eigenvalue weighted by molar-refractivity contribution is -0.122. The molecule has 0 aliphatic rings. The summed E-state index contributed by atoms with van der Waals surface area (Å²) in [6, 6.07) is 13.9. The Morgan fingerprint density at radius 2 is 1.93 bits per heavy atom. The molecular formula is C20H21ClN4O3. The third-order valence-electron chi connectivity index (χ3n) is 4.01. The molecule has 0 saturated heterocycles. The van der Waals surface area contributed by atoms with Gasteiger partial charge < -0.3 is 10.1 Å². The first-order valence-corrected chi connectivity index (χ1v) is 9.16. The van der Waals surface area contributed by atoms with Crippen molar-refractivity contribution >= 4 is 17.5 Å². The molecule has 3 rings (SSSR count). The van der Waals surface area contributed by atoms with Gasteiger partial charge in [0.15, 0.2) is 5.82 Å². The van der Waals surface area contributed by atoms with Crippen LogP contribution in [0.3, 0.4) is 0 Å². The van der Waals surface area contributed by atoms with Gasteiger partial charge in [-0.1, -0.05) is 23.7 Å². The van der Waals surface area contributed by atoms with Gasteiger partial charge >= 0.3 is 5.69 Å². The molecule has 0 unspecified atom stereocenters. The Morgan fingerprint density at radius 1 is 1.21 bits per heavy atom. The van der Waals surface area contributed by atoms with Crippen molar-refractivity contribution in [3.05, 3.63) is 64.0 Å². The Kier molecular flexibility index (Phi) is 5.84. The van der Waals surface area contributed by atoms with Crippen LogP contribution < -0.4 is 15.7 Å². The van der Waals surface area contributed by atoms with Crippen molar-refractivity contribution in [2.75, 3.05) is 7.11 Å². The van der Waals surface area contributed by atoms with Gasteiger partial charge in [-0.15, -0.1) is 5.10 Å². The van der Waals surface area contributed by atoms with Gasteiger partial charge in [0.2, 0.25) is 5.91 Å². The first-order valence-electron chi connectivity index (χ1n) is 8.78. The monoisotopic (exact) mass is 400 g/mol. The fourth-order valence-electron chi connectivity index (χ4n) is 2.78. The van der Waals surface area contributed by atoms with Crippen molar-refractivity contribution in [1.29, 1.82) is 0 Å². The minimum atomic E-state index is -0.418. The zero-order valence-electron chi connectivity index (χ0n) is 15.8. The minimum absolute atomic E-state index is 0.0329. The summed E-state index contributed by atoms with van der Waals surface area (Å²) in [5, 5.41) is 7.78. The van der Waals surface area contributed by atoms with Gasteiger partial charge in [-0.05, 0) is 50.2 Å². The van der Waals surface area contributed by atoms with E-state index in [0.717, 1.165) is 0 Å². The Hall–Kier alpha value is -3.06. The minimum Gasteiger partial charge on any atom is -0.497 e. The zero-order chi connectivity index (χ0) is 20.3. The van der Waals surface area contributed by atoms with Gasteiger partial charge in [0, 0.05) is 16.6 Å². The lowest BCUT2D eigenvalue weighted by Gasteiger charge is -2.09. The quantitative estimate of drug-likeness (QED) is 0.690. The number of hydrogen-bond donors (Lipinski definition) is 1. The first kappa shape index (κ1) is 19.7. The molecule has 28 heavy (non-hydrogen) atoms. The maximum Gasteiger partial charge on any atom is 0.351 e. The van der Waals surface area contributed by atoms with Crippen LogP contribution in [0, 0.1) is 0 Å². The number of carbonyl (C=O) groups is 1. The molecule has 1 aromatic heterocycles. The predicted molar refractivity (Wildman–Crippen MR) is 108 cm³/mol.